The highest BCUT2D eigenvalue weighted by atomic mass is 35.5. The molecule has 0 radical (unpaired) electrons. The summed E-state index contributed by atoms with van der Waals surface area (Å²) < 4.78 is 1.55. The number of aromatic nitrogens is 5. The van der Waals surface area contributed by atoms with Crippen LogP contribution in [0, 0.1) is 0 Å². The lowest BCUT2D eigenvalue weighted by Crippen LogP contribution is -2.33. The van der Waals surface area contributed by atoms with Crippen molar-refractivity contribution in [3.05, 3.63) is 23.7 Å². The summed E-state index contributed by atoms with van der Waals surface area (Å²) in [5, 5.41) is 7.40. The van der Waals surface area contributed by atoms with Crippen molar-refractivity contribution in [2.45, 2.75) is 26.3 Å². The lowest BCUT2D eigenvalue weighted by molar-refractivity contribution is 0.261. The Bertz CT molecular complexity index is 558. The van der Waals surface area contributed by atoms with Crippen LogP contribution in [-0.4, -0.2) is 55.8 Å². The Morgan fingerprint density at radius 1 is 1.38 bits per heavy atom. The second-order valence-electron chi connectivity index (χ2n) is 4.84. The Morgan fingerprint density at radius 2 is 2.19 bits per heavy atom. The Morgan fingerprint density at radius 3 is 2.86 bits per heavy atom. The number of nitrogens with one attached hydrogen (secondary N) is 1. The minimum atomic E-state index is 0.147. The molecule has 0 saturated heterocycles. The summed E-state index contributed by atoms with van der Waals surface area (Å²) in [5.41, 5.74) is 0. The van der Waals surface area contributed by atoms with Crippen molar-refractivity contribution in [1.29, 1.82) is 0 Å². The first-order chi connectivity index (χ1) is 10.1. The number of likely N-dealkylation sites (N-methyl/N-ethyl adjacent to an activating group) is 1. The van der Waals surface area contributed by atoms with Crippen LogP contribution in [0.15, 0.2) is 18.5 Å². The lowest BCUT2D eigenvalue weighted by Gasteiger charge is -2.23. The molecule has 0 bridgehead atoms. The van der Waals surface area contributed by atoms with E-state index in [9.17, 15) is 0 Å². The van der Waals surface area contributed by atoms with Crippen LogP contribution in [0.3, 0.4) is 0 Å². The summed E-state index contributed by atoms with van der Waals surface area (Å²) in [7, 11) is 2.10. The topological polar surface area (TPSA) is 71.8 Å². The van der Waals surface area contributed by atoms with E-state index in [0.717, 1.165) is 19.5 Å². The molecular weight excluding hydrogens is 290 g/mol. The van der Waals surface area contributed by atoms with E-state index >= 15 is 0 Å². The summed E-state index contributed by atoms with van der Waals surface area (Å²) in [6.45, 7) is 6.02. The zero-order valence-corrected chi connectivity index (χ0v) is 13.2. The first-order valence-corrected chi connectivity index (χ1v) is 7.33. The van der Waals surface area contributed by atoms with Crippen molar-refractivity contribution in [3.8, 4) is 5.95 Å². The summed E-state index contributed by atoms with van der Waals surface area (Å²) in [4.78, 5) is 14.7. The molecule has 0 fully saturated rings. The van der Waals surface area contributed by atoms with Gasteiger partial charge in [-0.2, -0.15) is 20.1 Å². The Balaban J connectivity index is 1.98. The highest BCUT2D eigenvalue weighted by Gasteiger charge is 2.09. The van der Waals surface area contributed by atoms with Gasteiger partial charge in [-0.25, -0.2) is 4.68 Å². The van der Waals surface area contributed by atoms with Gasteiger partial charge in [-0.3, -0.25) is 0 Å². The molecule has 2 aromatic rings. The van der Waals surface area contributed by atoms with Crippen LogP contribution in [0.2, 0.25) is 5.28 Å². The van der Waals surface area contributed by atoms with Crippen LogP contribution in [0.1, 0.15) is 20.3 Å². The van der Waals surface area contributed by atoms with Gasteiger partial charge in [0.15, 0.2) is 0 Å². The SMILES string of the molecule is CCC(C)N(C)CCNc1nc(Cl)nc(-n2cccn2)n1. The summed E-state index contributed by atoms with van der Waals surface area (Å²) in [6, 6.07) is 2.35. The number of nitrogens with zero attached hydrogens (tertiary/aromatic N) is 6. The standard InChI is InChI=1S/C13H20ClN7/c1-4-10(2)20(3)9-7-15-12-17-11(14)18-13(19-12)21-8-5-6-16-21/h5-6,8,10H,4,7,9H2,1-3H3,(H,15,17,18,19). The minimum absolute atomic E-state index is 0.147. The van der Waals surface area contributed by atoms with Crippen LogP contribution in [0.5, 0.6) is 0 Å². The molecule has 0 saturated carbocycles. The first kappa shape index (κ1) is 15.7. The van der Waals surface area contributed by atoms with Crippen molar-refractivity contribution in [2.24, 2.45) is 0 Å². The number of hydrogen-bond donors (Lipinski definition) is 1. The predicted octanol–water partition coefficient (Wildman–Crippen LogP) is 1.85. The molecule has 2 heterocycles. The average Bonchev–Trinajstić information content (AvgIpc) is 3.00. The molecule has 2 rings (SSSR count). The molecule has 0 spiro atoms. The van der Waals surface area contributed by atoms with Gasteiger partial charge in [-0.05, 0) is 38.1 Å². The molecule has 8 heteroatoms. The predicted molar refractivity (Wildman–Crippen MR) is 82.8 cm³/mol. The average molecular weight is 310 g/mol. The van der Waals surface area contributed by atoms with Gasteiger partial charge in [0.25, 0.3) is 5.95 Å². The van der Waals surface area contributed by atoms with Gasteiger partial charge in [0.2, 0.25) is 11.2 Å². The fourth-order valence-corrected chi connectivity index (χ4v) is 1.94. The van der Waals surface area contributed by atoms with Crippen LogP contribution < -0.4 is 5.32 Å². The van der Waals surface area contributed by atoms with Gasteiger partial charge in [0.05, 0.1) is 0 Å². The van der Waals surface area contributed by atoms with E-state index in [1.165, 1.54) is 0 Å². The van der Waals surface area contributed by atoms with Gasteiger partial charge in [0, 0.05) is 31.5 Å². The molecule has 1 unspecified atom stereocenters. The zero-order chi connectivity index (χ0) is 15.2. The molecule has 1 N–H and O–H groups in total. The highest BCUT2D eigenvalue weighted by Crippen LogP contribution is 2.09. The van der Waals surface area contributed by atoms with Crippen molar-refractivity contribution in [1.82, 2.24) is 29.6 Å². The van der Waals surface area contributed by atoms with Crippen LogP contribution in [0.25, 0.3) is 5.95 Å². The molecule has 0 aliphatic heterocycles. The van der Waals surface area contributed by atoms with Crippen LogP contribution in [0.4, 0.5) is 5.95 Å². The molecule has 114 valence electrons. The molecule has 2 aromatic heterocycles. The third kappa shape index (κ3) is 4.37. The quantitative estimate of drug-likeness (QED) is 0.841. The number of halogens is 1. The zero-order valence-electron chi connectivity index (χ0n) is 12.5. The fraction of sp³-hybridized carbons (Fsp3) is 0.538. The second kappa shape index (κ2) is 7.33. The Kier molecular flexibility index (Phi) is 5.46. The molecule has 0 aliphatic carbocycles. The smallest absolute Gasteiger partial charge is 0.256 e. The minimum Gasteiger partial charge on any atom is -0.353 e. The summed E-state index contributed by atoms with van der Waals surface area (Å²) in [6.07, 6.45) is 4.54. The van der Waals surface area contributed by atoms with Crippen molar-refractivity contribution in [2.75, 3.05) is 25.5 Å². The van der Waals surface area contributed by atoms with E-state index in [-0.39, 0.29) is 5.28 Å². The maximum Gasteiger partial charge on any atom is 0.256 e. The molecule has 1 atom stereocenters. The second-order valence-corrected chi connectivity index (χ2v) is 5.18. The maximum absolute atomic E-state index is 5.93. The molecule has 7 nitrogen and oxygen atoms in total. The highest BCUT2D eigenvalue weighted by molar-refractivity contribution is 6.28. The van der Waals surface area contributed by atoms with Crippen molar-refractivity contribution < 1.29 is 0 Å². The Hall–Kier alpha value is -1.73. The van der Waals surface area contributed by atoms with Gasteiger partial charge in [0.1, 0.15) is 0 Å². The van der Waals surface area contributed by atoms with Gasteiger partial charge in [-0.1, -0.05) is 6.92 Å². The monoisotopic (exact) mass is 309 g/mol. The summed E-state index contributed by atoms with van der Waals surface area (Å²) in [5.74, 6) is 0.857. The third-order valence-corrected chi connectivity index (χ3v) is 3.57. The lowest BCUT2D eigenvalue weighted by atomic mass is 10.2. The van der Waals surface area contributed by atoms with Crippen molar-refractivity contribution >= 4 is 17.5 Å². The molecule has 21 heavy (non-hydrogen) atoms. The van der Waals surface area contributed by atoms with E-state index in [4.69, 9.17) is 11.6 Å². The van der Waals surface area contributed by atoms with E-state index in [2.05, 4.69) is 51.2 Å². The first-order valence-electron chi connectivity index (χ1n) is 6.96. The van der Waals surface area contributed by atoms with Crippen LogP contribution in [-0.2, 0) is 0 Å². The van der Waals surface area contributed by atoms with Gasteiger partial charge >= 0.3 is 0 Å². The summed E-state index contributed by atoms with van der Waals surface area (Å²) >= 11 is 5.93. The Labute approximate surface area is 129 Å². The van der Waals surface area contributed by atoms with Crippen molar-refractivity contribution in [3.63, 3.8) is 0 Å². The third-order valence-electron chi connectivity index (χ3n) is 3.40. The van der Waals surface area contributed by atoms with E-state index in [0.29, 0.717) is 17.9 Å². The molecule has 0 amide bonds. The number of anilines is 1. The molecule has 0 aromatic carbocycles. The largest absolute Gasteiger partial charge is 0.353 e. The maximum atomic E-state index is 5.93. The molecule has 0 aliphatic rings. The van der Waals surface area contributed by atoms with Gasteiger partial charge < -0.3 is 10.2 Å². The van der Waals surface area contributed by atoms with Crippen LogP contribution >= 0.6 is 11.6 Å². The van der Waals surface area contributed by atoms with Gasteiger partial charge in [-0.15, -0.1) is 0 Å². The van der Waals surface area contributed by atoms with E-state index in [1.807, 2.05) is 0 Å². The normalized spacial score (nSPS) is 12.6. The van der Waals surface area contributed by atoms with E-state index < -0.39 is 0 Å². The fourth-order valence-electron chi connectivity index (χ4n) is 1.78. The molecular formula is C13H20ClN7. The number of rotatable bonds is 7. The van der Waals surface area contributed by atoms with E-state index in [1.54, 1.807) is 23.1 Å². The number of hydrogen-bond acceptors (Lipinski definition) is 6.